The number of ether oxygens (including phenoxy) is 1. The summed E-state index contributed by atoms with van der Waals surface area (Å²) in [6.07, 6.45) is 0.565. The highest BCUT2D eigenvalue weighted by atomic mass is 19.1. The Balaban J connectivity index is 1.85. The Morgan fingerprint density at radius 3 is 2.66 bits per heavy atom. The number of halogens is 3. The smallest absolute Gasteiger partial charge is 0.256 e. The summed E-state index contributed by atoms with van der Waals surface area (Å²) >= 11 is 0. The highest BCUT2D eigenvalue weighted by Gasteiger charge is 2.20. The minimum atomic E-state index is -1.30. The average molecular weight is 401 g/mol. The molecule has 148 valence electrons. The Kier molecular flexibility index (Phi) is 4.85. The molecule has 0 fully saturated rings. The van der Waals surface area contributed by atoms with E-state index in [0.29, 0.717) is 5.56 Å². The lowest BCUT2D eigenvalue weighted by molar-refractivity contribution is -0.00673. The largest absolute Gasteiger partial charge is 0.446 e. The van der Waals surface area contributed by atoms with Crippen LogP contribution in [0.5, 0.6) is 5.88 Å². The molecule has 0 amide bonds. The maximum absolute atomic E-state index is 14.1. The molecule has 0 saturated heterocycles. The Morgan fingerprint density at radius 1 is 1.10 bits per heavy atom. The summed E-state index contributed by atoms with van der Waals surface area (Å²) in [5.74, 6) is -2.47. The van der Waals surface area contributed by atoms with E-state index in [9.17, 15) is 18.3 Å². The van der Waals surface area contributed by atoms with Crippen LogP contribution in [-0.2, 0) is 6.54 Å². The number of hydrogen-bond donors (Lipinski definition) is 1. The van der Waals surface area contributed by atoms with Crippen molar-refractivity contribution in [2.45, 2.75) is 19.8 Å². The molecule has 0 spiro atoms. The zero-order chi connectivity index (χ0) is 20.5. The van der Waals surface area contributed by atoms with Crippen LogP contribution in [0.3, 0.4) is 0 Å². The first kappa shape index (κ1) is 18.8. The van der Waals surface area contributed by atoms with E-state index in [4.69, 9.17) is 4.74 Å². The number of benzene rings is 1. The molecule has 4 rings (SSSR count). The fraction of sp³-hybridized carbons (Fsp3) is 0.158. The predicted octanol–water partition coefficient (Wildman–Crippen LogP) is 3.07. The topological polar surface area (TPSA) is 86.0 Å². The molecular formula is C19H14F3N5O2. The summed E-state index contributed by atoms with van der Waals surface area (Å²) in [5, 5.41) is 13.9. The van der Waals surface area contributed by atoms with E-state index in [0.717, 1.165) is 12.4 Å². The van der Waals surface area contributed by atoms with E-state index in [1.165, 1.54) is 23.7 Å². The fourth-order valence-corrected chi connectivity index (χ4v) is 2.81. The molecule has 0 aliphatic heterocycles. The van der Waals surface area contributed by atoms with Gasteiger partial charge in [0.15, 0.2) is 17.8 Å². The molecule has 0 aliphatic rings. The van der Waals surface area contributed by atoms with Gasteiger partial charge in [0.05, 0.1) is 24.3 Å². The first-order valence-corrected chi connectivity index (χ1v) is 8.55. The van der Waals surface area contributed by atoms with Gasteiger partial charge in [0, 0.05) is 5.56 Å². The summed E-state index contributed by atoms with van der Waals surface area (Å²) in [7, 11) is 0. The van der Waals surface area contributed by atoms with Crippen LogP contribution in [0.1, 0.15) is 12.5 Å². The SMILES string of the molecule is CC(O)Oc1nc(-c2nn(Cc3ccccc3F)c3ncc(F)cc23)ncc1F. The minimum Gasteiger partial charge on any atom is -0.446 e. The molecule has 1 aromatic carbocycles. The molecule has 0 radical (unpaired) electrons. The van der Waals surface area contributed by atoms with Crippen LogP contribution < -0.4 is 4.74 Å². The van der Waals surface area contributed by atoms with Gasteiger partial charge in [0.25, 0.3) is 5.88 Å². The van der Waals surface area contributed by atoms with Gasteiger partial charge in [-0.15, -0.1) is 0 Å². The standard InChI is InChI=1S/C19H14F3N5O2/c1-10(28)29-19-15(22)8-23-17(25-19)16-13-6-12(20)7-24-18(13)27(26-16)9-11-4-2-3-5-14(11)21/h2-8,10,28H,9H2,1H3. The Labute approximate surface area is 162 Å². The fourth-order valence-electron chi connectivity index (χ4n) is 2.81. The van der Waals surface area contributed by atoms with E-state index < -0.39 is 29.6 Å². The van der Waals surface area contributed by atoms with Crippen LogP contribution in [0.15, 0.2) is 42.7 Å². The van der Waals surface area contributed by atoms with Crippen molar-refractivity contribution in [3.63, 3.8) is 0 Å². The van der Waals surface area contributed by atoms with Gasteiger partial charge < -0.3 is 9.84 Å². The second-order valence-electron chi connectivity index (χ2n) is 6.19. The third-order valence-corrected chi connectivity index (χ3v) is 4.04. The van der Waals surface area contributed by atoms with Gasteiger partial charge in [-0.3, -0.25) is 0 Å². The van der Waals surface area contributed by atoms with Crippen LogP contribution in [-0.4, -0.2) is 36.1 Å². The minimum absolute atomic E-state index is 0.0278. The monoisotopic (exact) mass is 401 g/mol. The van der Waals surface area contributed by atoms with E-state index in [1.807, 2.05) is 0 Å². The zero-order valence-electron chi connectivity index (χ0n) is 15.1. The van der Waals surface area contributed by atoms with Crippen LogP contribution in [0, 0.1) is 17.5 Å². The van der Waals surface area contributed by atoms with Crippen molar-refractivity contribution >= 4 is 11.0 Å². The number of pyridine rings is 1. The van der Waals surface area contributed by atoms with Crippen molar-refractivity contribution in [3.05, 3.63) is 65.7 Å². The Bertz CT molecular complexity index is 1200. The molecule has 1 unspecified atom stereocenters. The average Bonchev–Trinajstić information content (AvgIpc) is 3.02. The predicted molar refractivity (Wildman–Crippen MR) is 96.3 cm³/mol. The van der Waals surface area contributed by atoms with Crippen molar-refractivity contribution in [3.8, 4) is 17.4 Å². The van der Waals surface area contributed by atoms with Crippen molar-refractivity contribution in [2.75, 3.05) is 0 Å². The maximum atomic E-state index is 14.1. The molecule has 4 aromatic rings. The highest BCUT2D eigenvalue weighted by molar-refractivity contribution is 5.89. The number of aliphatic hydroxyl groups excluding tert-OH is 1. The van der Waals surface area contributed by atoms with Crippen LogP contribution in [0.25, 0.3) is 22.6 Å². The number of hydrogen-bond acceptors (Lipinski definition) is 6. The molecule has 0 bridgehead atoms. The molecule has 1 atom stereocenters. The number of fused-ring (bicyclic) bond motifs is 1. The molecule has 7 nitrogen and oxygen atoms in total. The first-order valence-electron chi connectivity index (χ1n) is 8.55. The van der Waals surface area contributed by atoms with Crippen molar-refractivity contribution in [1.82, 2.24) is 24.7 Å². The lowest BCUT2D eigenvalue weighted by Gasteiger charge is -2.08. The van der Waals surface area contributed by atoms with E-state index in [1.54, 1.807) is 18.2 Å². The van der Waals surface area contributed by atoms with Crippen LogP contribution >= 0.6 is 0 Å². The third kappa shape index (κ3) is 3.74. The normalized spacial score (nSPS) is 12.3. The third-order valence-electron chi connectivity index (χ3n) is 4.04. The zero-order valence-corrected chi connectivity index (χ0v) is 15.1. The molecule has 10 heteroatoms. The van der Waals surface area contributed by atoms with Gasteiger partial charge in [-0.1, -0.05) is 18.2 Å². The maximum Gasteiger partial charge on any atom is 0.256 e. The summed E-state index contributed by atoms with van der Waals surface area (Å²) in [4.78, 5) is 11.9. The van der Waals surface area contributed by atoms with Gasteiger partial charge in [-0.25, -0.2) is 23.4 Å². The van der Waals surface area contributed by atoms with Crippen LogP contribution in [0.4, 0.5) is 13.2 Å². The Hall–Kier alpha value is -3.53. The second-order valence-corrected chi connectivity index (χ2v) is 6.19. The lowest BCUT2D eigenvalue weighted by Crippen LogP contribution is -2.12. The van der Waals surface area contributed by atoms with Gasteiger partial charge >= 0.3 is 0 Å². The quantitative estimate of drug-likeness (QED) is 0.518. The van der Waals surface area contributed by atoms with E-state index in [2.05, 4.69) is 20.1 Å². The van der Waals surface area contributed by atoms with Gasteiger partial charge in [-0.05, 0) is 19.1 Å². The van der Waals surface area contributed by atoms with Crippen molar-refractivity contribution in [1.29, 1.82) is 0 Å². The Morgan fingerprint density at radius 2 is 1.90 bits per heavy atom. The molecule has 3 aromatic heterocycles. The molecule has 0 aliphatic carbocycles. The van der Waals surface area contributed by atoms with Crippen LogP contribution in [0.2, 0.25) is 0 Å². The summed E-state index contributed by atoms with van der Waals surface area (Å²) < 4.78 is 48.0. The molecule has 1 N–H and O–H groups in total. The molecule has 3 heterocycles. The van der Waals surface area contributed by atoms with Gasteiger partial charge in [0.2, 0.25) is 5.82 Å². The summed E-state index contributed by atoms with van der Waals surface area (Å²) in [5.41, 5.74) is 0.738. The van der Waals surface area contributed by atoms with Crippen molar-refractivity contribution in [2.24, 2.45) is 0 Å². The van der Waals surface area contributed by atoms with Crippen molar-refractivity contribution < 1.29 is 23.0 Å². The number of nitrogens with zero attached hydrogens (tertiary/aromatic N) is 5. The van der Waals surface area contributed by atoms with E-state index in [-0.39, 0.29) is 29.1 Å². The first-order chi connectivity index (χ1) is 13.9. The molecule has 0 saturated carbocycles. The summed E-state index contributed by atoms with van der Waals surface area (Å²) in [6, 6.07) is 7.34. The lowest BCUT2D eigenvalue weighted by atomic mass is 10.2. The number of aromatic nitrogens is 5. The molecular weight excluding hydrogens is 387 g/mol. The van der Waals surface area contributed by atoms with Gasteiger partial charge in [0.1, 0.15) is 17.3 Å². The van der Waals surface area contributed by atoms with E-state index >= 15 is 0 Å². The van der Waals surface area contributed by atoms with Gasteiger partial charge in [-0.2, -0.15) is 14.5 Å². The molecule has 29 heavy (non-hydrogen) atoms. The summed E-state index contributed by atoms with van der Waals surface area (Å²) in [6.45, 7) is 1.32. The second kappa shape index (κ2) is 7.47. The number of aliphatic hydroxyl groups is 1. The highest BCUT2D eigenvalue weighted by Crippen LogP contribution is 2.28. The number of rotatable bonds is 5.